The number of carbonyl (C=O) groups is 1. The van der Waals surface area contributed by atoms with Gasteiger partial charge in [0.15, 0.2) is 0 Å². The van der Waals surface area contributed by atoms with Crippen molar-refractivity contribution in [3.63, 3.8) is 0 Å². The molecule has 0 unspecified atom stereocenters. The number of aliphatic hydroxyl groups excluding tert-OH is 1. The van der Waals surface area contributed by atoms with Crippen LogP contribution in [0.2, 0.25) is 0 Å². The largest absolute Gasteiger partial charge is 0.466 e. The van der Waals surface area contributed by atoms with E-state index in [-0.39, 0.29) is 12.6 Å². The van der Waals surface area contributed by atoms with Crippen LogP contribution >= 0.6 is 0 Å². The average Bonchev–Trinajstić information content (AvgIpc) is 2.69. The molecule has 0 aliphatic heterocycles. The Morgan fingerprint density at radius 3 is 2.41 bits per heavy atom. The van der Waals surface area contributed by atoms with E-state index < -0.39 is 5.41 Å². The Bertz CT molecular complexity index is 387. The van der Waals surface area contributed by atoms with Gasteiger partial charge < -0.3 is 9.84 Å². The first-order valence-corrected chi connectivity index (χ1v) is 6.07. The molecule has 92 valence electrons. The first-order valence-electron chi connectivity index (χ1n) is 6.07. The van der Waals surface area contributed by atoms with Crippen LogP contribution in [-0.4, -0.2) is 24.3 Å². The van der Waals surface area contributed by atoms with Crippen LogP contribution in [-0.2, 0) is 22.4 Å². The quantitative estimate of drug-likeness (QED) is 0.807. The van der Waals surface area contributed by atoms with E-state index in [1.54, 1.807) is 0 Å². The minimum atomic E-state index is -0.547. The monoisotopic (exact) mass is 234 g/mol. The van der Waals surface area contributed by atoms with Crippen molar-refractivity contribution < 1.29 is 14.6 Å². The Labute approximate surface area is 101 Å². The maximum atomic E-state index is 12.1. The predicted molar refractivity (Wildman–Crippen MR) is 64.6 cm³/mol. The van der Waals surface area contributed by atoms with Gasteiger partial charge in [-0.1, -0.05) is 24.3 Å². The molecule has 0 spiro atoms. The van der Waals surface area contributed by atoms with Crippen molar-refractivity contribution in [2.24, 2.45) is 5.41 Å². The molecule has 1 aliphatic rings. The van der Waals surface area contributed by atoms with Gasteiger partial charge in [-0.3, -0.25) is 4.79 Å². The summed E-state index contributed by atoms with van der Waals surface area (Å²) in [7, 11) is 0. The number of esters is 1. The number of fused-ring (bicyclic) bond motifs is 1. The summed E-state index contributed by atoms with van der Waals surface area (Å²) in [5, 5.41) is 9.18. The summed E-state index contributed by atoms with van der Waals surface area (Å²) in [6.45, 7) is 2.22. The molecule has 0 amide bonds. The summed E-state index contributed by atoms with van der Waals surface area (Å²) < 4.78 is 5.16. The van der Waals surface area contributed by atoms with Gasteiger partial charge in [-0.05, 0) is 37.3 Å². The molecule has 1 aromatic rings. The fourth-order valence-electron chi connectivity index (χ4n) is 2.62. The van der Waals surface area contributed by atoms with Gasteiger partial charge in [0.1, 0.15) is 0 Å². The summed E-state index contributed by atoms with van der Waals surface area (Å²) >= 11 is 0. The molecule has 0 bridgehead atoms. The fraction of sp³-hybridized carbons (Fsp3) is 0.500. The number of carbonyl (C=O) groups excluding carboxylic acids is 1. The van der Waals surface area contributed by atoms with Crippen LogP contribution in [0, 0.1) is 5.41 Å². The number of hydrogen-bond donors (Lipinski definition) is 1. The minimum Gasteiger partial charge on any atom is -0.466 e. The van der Waals surface area contributed by atoms with Crippen LogP contribution in [0.3, 0.4) is 0 Å². The standard InChI is InChI=1S/C14H18O3/c1-2-17-13(16)14(7-8-15)9-11-5-3-4-6-12(11)10-14/h3-6,15H,2,7-10H2,1H3. The highest BCUT2D eigenvalue weighted by molar-refractivity contribution is 5.79. The molecule has 0 aromatic heterocycles. The number of benzene rings is 1. The molecule has 1 aliphatic carbocycles. The molecule has 17 heavy (non-hydrogen) atoms. The fourth-order valence-corrected chi connectivity index (χ4v) is 2.62. The molecular formula is C14H18O3. The highest BCUT2D eigenvalue weighted by Gasteiger charge is 2.44. The number of hydrogen-bond acceptors (Lipinski definition) is 3. The van der Waals surface area contributed by atoms with Crippen molar-refractivity contribution in [1.82, 2.24) is 0 Å². The van der Waals surface area contributed by atoms with Crippen LogP contribution in [0.25, 0.3) is 0 Å². The van der Waals surface area contributed by atoms with E-state index in [1.165, 1.54) is 11.1 Å². The van der Waals surface area contributed by atoms with Crippen molar-refractivity contribution in [3.05, 3.63) is 35.4 Å². The second-order valence-electron chi connectivity index (χ2n) is 4.60. The van der Waals surface area contributed by atoms with Crippen molar-refractivity contribution in [1.29, 1.82) is 0 Å². The first-order chi connectivity index (χ1) is 8.22. The Morgan fingerprint density at radius 2 is 1.94 bits per heavy atom. The molecule has 0 radical (unpaired) electrons. The lowest BCUT2D eigenvalue weighted by molar-refractivity contribution is -0.156. The zero-order chi connectivity index (χ0) is 12.3. The van der Waals surface area contributed by atoms with Gasteiger partial charge >= 0.3 is 5.97 Å². The Hall–Kier alpha value is -1.35. The number of rotatable bonds is 4. The van der Waals surface area contributed by atoms with E-state index in [1.807, 2.05) is 31.2 Å². The van der Waals surface area contributed by atoms with Crippen molar-refractivity contribution in [3.8, 4) is 0 Å². The molecule has 3 heteroatoms. The molecular weight excluding hydrogens is 216 g/mol. The summed E-state index contributed by atoms with van der Waals surface area (Å²) in [6.07, 6.45) is 1.84. The van der Waals surface area contributed by atoms with E-state index in [4.69, 9.17) is 4.74 Å². The maximum absolute atomic E-state index is 12.1. The molecule has 1 aromatic carbocycles. The van der Waals surface area contributed by atoms with Gasteiger partial charge in [-0.2, -0.15) is 0 Å². The van der Waals surface area contributed by atoms with Gasteiger partial charge in [0.25, 0.3) is 0 Å². The third-order valence-electron chi connectivity index (χ3n) is 3.47. The second kappa shape index (κ2) is 4.88. The van der Waals surface area contributed by atoms with E-state index in [0.717, 1.165) is 0 Å². The summed E-state index contributed by atoms with van der Waals surface area (Å²) in [5.74, 6) is -0.176. The molecule has 0 heterocycles. The molecule has 0 atom stereocenters. The van der Waals surface area contributed by atoms with E-state index in [0.29, 0.717) is 25.9 Å². The third-order valence-corrected chi connectivity index (χ3v) is 3.47. The van der Waals surface area contributed by atoms with E-state index >= 15 is 0 Å². The molecule has 1 N–H and O–H groups in total. The summed E-state index contributed by atoms with van der Waals surface area (Å²) in [5.41, 5.74) is 1.86. The maximum Gasteiger partial charge on any atom is 0.312 e. The van der Waals surface area contributed by atoms with Crippen molar-refractivity contribution in [2.75, 3.05) is 13.2 Å². The molecule has 0 saturated carbocycles. The molecule has 0 fully saturated rings. The highest BCUT2D eigenvalue weighted by Crippen LogP contribution is 2.40. The summed E-state index contributed by atoms with van der Waals surface area (Å²) in [4.78, 5) is 12.1. The molecule has 2 rings (SSSR count). The smallest absolute Gasteiger partial charge is 0.312 e. The Morgan fingerprint density at radius 1 is 1.35 bits per heavy atom. The Balaban J connectivity index is 2.25. The SMILES string of the molecule is CCOC(=O)C1(CCO)Cc2ccccc2C1. The van der Waals surface area contributed by atoms with Gasteiger partial charge in [-0.25, -0.2) is 0 Å². The predicted octanol–water partition coefficient (Wildman–Crippen LogP) is 1.72. The topological polar surface area (TPSA) is 46.5 Å². The third kappa shape index (κ3) is 2.20. The van der Waals surface area contributed by atoms with Crippen LogP contribution in [0.5, 0.6) is 0 Å². The normalized spacial score (nSPS) is 16.6. The van der Waals surface area contributed by atoms with Crippen LogP contribution in [0.15, 0.2) is 24.3 Å². The first kappa shape index (κ1) is 12.1. The highest BCUT2D eigenvalue weighted by atomic mass is 16.5. The van der Waals surface area contributed by atoms with Crippen LogP contribution < -0.4 is 0 Å². The average molecular weight is 234 g/mol. The van der Waals surface area contributed by atoms with Crippen molar-refractivity contribution >= 4 is 5.97 Å². The second-order valence-corrected chi connectivity index (χ2v) is 4.60. The van der Waals surface area contributed by atoms with Gasteiger partial charge in [0, 0.05) is 6.61 Å². The zero-order valence-electron chi connectivity index (χ0n) is 10.1. The van der Waals surface area contributed by atoms with Crippen molar-refractivity contribution in [2.45, 2.75) is 26.2 Å². The van der Waals surface area contributed by atoms with E-state index in [9.17, 15) is 9.90 Å². The van der Waals surface area contributed by atoms with E-state index in [2.05, 4.69) is 0 Å². The number of aliphatic hydroxyl groups is 1. The lowest BCUT2D eigenvalue weighted by atomic mass is 9.81. The minimum absolute atomic E-state index is 0.0206. The lowest BCUT2D eigenvalue weighted by Crippen LogP contribution is -2.35. The Kier molecular flexibility index (Phi) is 3.48. The molecule has 3 nitrogen and oxygen atoms in total. The van der Waals surface area contributed by atoms with Crippen LogP contribution in [0.1, 0.15) is 24.5 Å². The lowest BCUT2D eigenvalue weighted by Gasteiger charge is -2.25. The number of ether oxygens (including phenoxy) is 1. The summed E-state index contributed by atoms with van der Waals surface area (Å²) in [6, 6.07) is 8.07. The van der Waals surface area contributed by atoms with Gasteiger partial charge in [0.05, 0.1) is 12.0 Å². The molecule has 0 saturated heterocycles. The zero-order valence-corrected chi connectivity index (χ0v) is 10.1. The van der Waals surface area contributed by atoms with Crippen LogP contribution in [0.4, 0.5) is 0 Å². The van der Waals surface area contributed by atoms with Gasteiger partial charge in [-0.15, -0.1) is 0 Å². The van der Waals surface area contributed by atoms with Gasteiger partial charge in [0.2, 0.25) is 0 Å².